The summed E-state index contributed by atoms with van der Waals surface area (Å²) >= 11 is 4.78. The summed E-state index contributed by atoms with van der Waals surface area (Å²) in [5.41, 5.74) is 5.44. The Morgan fingerprint density at radius 1 is 1.29 bits per heavy atom. The molecule has 0 bridgehead atoms. The van der Waals surface area contributed by atoms with Crippen LogP contribution in [0.4, 0.5) is 0 Å². The van der Waals surface area contributed by atoms with Crippen molar-refractivity contribution in [1.82, 2.24) is 4.31 Å². The molecular weight excluding hydrogens is 256 g/mol. The van der Waals surface area contributed by atoms with Crippen LogP contribution in [-0.2, 0) is 10.0 Å². The van der Waals surface area contributed by atoms with Gasteiger partial charge in [0.25, 0.3) is 0 Å². The normalized spacial score (nSPS) is 14.2. The SMILES string of the molecule is CCC(CC)CN(CC)S(=O)(=O)C(C)C(N)=S. The standard InChI is InChI=1S/C11H24N2O2S2/c1-5-10(6-2)8-13(7-3)17(14,15)9(4)11(12)16/h9-10H,5-8H2,1-4H3,(H2,12,16). The maximum absolute atomic E-state index is 12.2. The van der Waals surface area contributed by atoms with Crippen molar-refractivity contribution in [3.05, 3.63) is 0 Å². The van der Waals surface area contributed by atoms with Gasteiger partial charge in [-0.15, -0.1) is 0 Å². The second-order valence-corrected chi connectivity index (χ2v) is 6.95. The number of nitrogens with zero attached hydrogens (tertiary/aromatic N) is 1. The highest BCUT2D eigenvalue weighted by Gasteiger charge is 2.30. The predicted molar refractivity (Wildman–Crippen MR) is 76.5 cm³/mol. The fraction of sp³-hybridized carbons (Fsp3) is 0.909. The van der Waals surface area contributed by atoms with Crippen LogP contribution in [0, 0.1) is 5.92 Å². The first-order valence-corrected chi connectivity index (χ1v) is 8.00. The van der Waals surface area contributed by atoms with Gasteiger partial charge in [0.15, 0.2) is 0 Å². The van der Waals surface area contributed by atoms with E-state index in [1.54, 1.807) is 6.92 Å². The van der Waals surface area contributed by atoms with E-state index in [1.165, 1.54) is 4.31 Å². The minimum Gasteiger partial charge on any atom is -0.392 e. The van der Waals surface area contributed by atoms with Gasteiger partial charge in [0.05, 0.1) is 4.99 Å². The molecule has 4 nitrogen and oxygen atoms in total. The highest BCUT2D eigenvalue weighted by molar-refractivity contribution is 7.92. The largest absolute Gasteiger partial charge is 0.392 e. The molecule has 0 aliphatic carbocycles. The second-order valence-electron chi connectivity index (χ2n) is 4.22. The van der Waals surface area contributed by atoms with Crippen molar-refractivity contribution in [2.45, 2.75) is 45.8 Å². The molecule has 0 saturated carbocycles. The van der Waals surface area contributed by atoms with E-state index in [-0.39, 0.29) is 4.99 Å². The lowest BCUT2D eigenvalue weighted by molar-refractivity contribution is 0.338. The van der Waals surface area contributed by atoms with Crippen LogP contribution in [0.3, 0.4) is 0 Å². The lowest BCUT2D eigenvalue weighted by Crippen LogP contribution is -2.44. The first kappa shape index (κ1) is 16.8. The number of sulfonamides is 1. The summed E-state index contributed by atoms with van der Waals surface area (Å²) in [4.78, 5) is 0.0352. The predicted octanol–water partition coefficient (Wildman–Crippen LogP) is 1.75. The van der Waals surface area contributed by atoms with E-state index in [1.807, 2.05) is 6.92 Å². The van der Waals surface area contributed by atoms with Crippen molar-refractivity contribution in [3.63, 3.8) is 0 Å². The van der Waals surface area contributed by atoms with Gasteiger partial charge >= 0.3 is 0 Å². The zero-order valence-corrected chi connectivity index (χ0v) is 12.8. The molecule has 0 radical (unpaired) electrons. The van der Waals surface area contributed by atoms with Crippen molar-refractivity contribution in [1.29, 1.82) is 0 Å². The molecule has 0 spiro atoms. The molecule has 17 heavy (non-hydrogen) atoms. The fourth-order valence-corrected chi connectivity index (χ4v) is 3.50. The lowest BCUT2D eigenvalue weighted by atomic mass is 10.0. The van der Waals surface area contributed by atoms with E-state index in [0.29, 0.717) is 19.0 Å². The summed E-state index contributed by atoms with van der Waals surface area (Å²) < 4.78 is 26.0. The zero-order chi connectivity index (χ0) is 13.6. The Balaban J connectivity index is 4.93. The van der Waals surface area contributed by atoms with Crippen molar-refractivity contribution in [2.24, 2.45) is 11.7 Å². The Morgan fingerprint density at radius 3 is 2.06 bits per heavy atom. The fourth-order valence-electron chi connectivity index (χ4n) is 1.62. The van der Waals surface area contributed by atoms with Gasteiger partial charge in [0.2, 0.25) is 10.0 Å². The molecule has 2 N–H and O–H groups in total. The molecule has 0 rings (SSSR count). The Morgan fingerprint density at radius 2 is 1.76 bits per heavy atom. The van der Waals surface area contributed by atoms with E-state index in [9.17, 15) is 8.42 Å². The molecule has 0 heterocycles. The molecule has 0 aromatic heterocycles. The highest BCUT2D eigenvalue weighted by Crippen LogP contribution is 2.16. The van der Waals surface area contributed by atoms with E-state index in [4.69, 9.17) is 18.0 Å². The van der Waals surface area contributed by atoms with Crippen molar-refractivity contribution in [2.75, 3.05) is 13.1 Å². The zero-order valence-electron chi connectivity index (χ0n) is 11.1. The van der Waals surface area contributed by atoms with Crippen molar-refractivity contribution in [3.8, 4) is 0 Å². The number of nitrogens with two attached hydrogens (primary N) is 1. The number of thiocarbonyl (C=S) groups is 1. The summed E-state index contributed by atoms with van der Waals surface area (Å²) in [6.45, 7) is 8.56. The van der Waals surface area contributed by atoms with Crippen LogP contribution < -0.4 is 5.73 Å². The summed E-state index contributed by atoms with van der Waals surface area (Å²) in [7, 11) is -3.40. The van der Waals surface area contributed by atoms with E-state index in [0.717, 1.165) is 12.8 Å². The molecule has 6 heteroatoms. The van der Waals surface area contributed by atoms with Crippen LogP contribution in [0.2, 0.25) is 0 Å². The molecule has 0 amide bonds. The Kier molecular flexibility index (Phi) is 7.20. The van der Waals surface area contributed by atoms with Crippen LogP contribution in [-0.4, -0.2) is 36.1 Å². The van der Waals surface area contributed by atoms with E-state index in [2.05, 4.69) is 13.8 Å². The number of hydrogen-bond donors (Lipinski definition) is 1. The molecule has 0 saturated heterocycles. The average molecular weight is 280 g/mol. The first-order chi connectivity index (χ1) is 7.81. The van der Waals surface area contributed by atoms with Crippen molar-refractivity contribution >= 4 is 27.2 Å². The minimum atomic E-state index is -3.40. The van der Waals surface area contributed by atoms with Gasteiger partial charge < -0.3 is 5.73 Å². The number of rotatable bonds is 8. The van der Waals surface area contributed by atoms with E-state index < -0.39 is 15.3 Å². The number of hydrogen-bond acceptors (Lipinski definition) is 3. The van der Waals surface area contributed by atoms with Gasteiger partial charge in [-0.3, -0.25) is 0 Å². The molecule has 1 atom stereocenters. The Labute approximate surface area is 111 Å². The third-order valence-electron chi connectivity index (χ3n) is 3.18. The molecule has 102 valence electrons. The molecule has 0 aromatic carbocycles. The lowest BCUT2D eigenvalue weighted by Gasteiger charge is -2.27. The second kappa shape index (κ2) is 7.28. The van der Waals surface area contributed by atoms with Gasteiger partial charge in [0.1, 0.15) is 5.25 Å². The molecular formula is C11H24N2O2S2. The minimum absolute atomic E-state index is 0.0352. The third-order valence-corrected chi connectivity index (χ3v) is 5.95. The van der Waals surface area contributed by atoms with Crippen LogP contribution >= 0.6 is 12.2 Å². The van der Waals surface area contributed by atoms with Crippen LogP contribution in [0.15, 0.2) is 0 Å². The summed E-state index contributed by atoms with van der Waals surface area (Å²) in [5, 5.41) is -0.785. The molecule has 0 aromatic rings. The van der Waals surface area contributed by atoms with Gasteiger partial charge in [-0.25, -0.2) is 12.7 Å². The average Bonchev–Trinajstić information content (AvgIpc) is 2.29. The first-order valence-electron chi connectivity index (χ1n) is 6.09. The van der Waals surface area contributed by atoms with Gasteiger partial charge in [-0.1, -0.05) is 45.8 Å². The highest BCUT2D eigenvalue weighted by atomic mass is 32.2. The summed E-state index contributed by atoms with van der Waals surface area (Å²) in [6, 6.07) is 0. The van der Waals surface area contributed by atoms with Crippen molar-refractivity contribution < 1.29 is 8.42 Å². The van der Waals surface area contributed by atoms with E-state index >= 15 is 0 Å². The molecule has 1 unspecified atom stereocenters. The van der Waals surface area contributed by atoms with Crippen LogP contribution in [0.5, 0.6) is 0 Å². The summed E-state index contributed by atoms with van der Waals surface area (Å²) in [6.07, 6.45) is 1.95. The molecule has 0 aliphatic rings. The topological polar surface area (TPSA) is 63.4 Å². The summed E-state index contributed by atoms with van der Waals surface area (Å²) in [5.74, 6) is 0.392. The van der Waals surface area contributed by atoms with Crippen LogP contribution in [0.1, 0.15) is 40.5 Å². The quantitative estimate of drug-likeness (QED) is 0.688. The van der Waals surface area contributed by atoms with Crippen LogP contribution in [0.25, 0.3) is 0 Å². The van der Waals surface area contributed by atoms with Gasteiger partial charge in [0, 0.05) is 13.1 Å². The molecule has 0 fully saturated rings. The van der Waals surface area contributed by atoms with Gasteiger partial charge in [-0.05, 0) is 12.8 Å². The maximum Gasteiger partial charge on any atom is 0.223 e. The Hall–Kier alpha value is -0.200. The maximum atomic E-state index is 12.2. The molecule has 0 aliphatic heterocycles. The smallest absolute Gasteiger partial charge is 0.223 e. The Bertz CT molecular complexity index is 337. The monoisotopic (exact) mass is 280 g/mol. The third kappa shape index (κ3) is 4.52. The van der Waals surface area contributed by atoms with Gasteiger partial charge in [-0.2, -0.15) is 0 Å².